The third kappa shape index (κ3) is 6.86. The molecule has 0 spiro atoms. The number of hydrogen-bond acceptors (Lipinski definition) is 7. The van der Waals surface area contributed by atoms with E-state index in [9.17, 15) is 19.2 Å². The van der Waals surface area contributed by atoms with Crippen LogP contribution in [0.4, 0.5) is 5.69 Å². The van der Waals surface area contributed by atoms with Gasteiger partial charge >= 0.3 is 5.97 Å². The topological polar surface area (TPSA) is 128 Å². The Morgan fingerprint density at radius 3 is 2.39 bits per heavy atom. The molecule has 2 aromatic carbocycles. The number of thiocarbonyl (C=S) groups is 1. The number of aliphatic hydroxyl groups is 1. The standard InChI is InChI=1S/C25H28N4O6S/c1-2-35-24(34)18-10-12-19(13-11-18)26-22(32)15-20-23(33)28(16-17-7-4-3-5-8-17)25(36)29(20)27-21(31)9-6-14-30/h3-5,7-8,10-13,20,30H,2,6,9,14-16H2,1H3,(H,26,32)(H,27,31). The lowest BCUT2D eigenvalue weighted by Crippen LogP contribution is -2.49. The predicted molar refractivity (Wildman–Crippen MR) is 135 cm³/mol. The summed E-state index contributed by atoms with van der Waals surface area (Å²) < 4.78 is 4.95. The first-order chi connectivity index (χ1) is 17.3. The number of benzene rings is 2. The summed E-state index contributed by atoms with van der Waals surface area (Å²) in [6, 6.07) is 14.4. The van der Waals surface area contributed by atoms with E-state index in [0.29, 0.717) is 11.3 Å². The van der Waals surface area contributed by atoms with Gasteiger partial charge in [-0.25, -0.2) is 9.80 Å². The van der Waals surface area contributed by atoms with Crippen LogP contribution >= 0.6 is 12.2 Å². The quantitative estimate of drug-likeness (QED) is 0.308. The van der Waals surface area contributed by atoms with Crippen LogP contribution in [-0.4, -0.2) is 63.1 Å². The minimum Gasteiger partial charge on any atom is -0.462 e. The molecule has 0 aromatic heterocycles. The molecule has 1 heterocycles. The summed E-state index contributed by atoms with van der Waals surface area (Å²) >= 11 is 5.48. The van der Waals surface area contributed by atoms with E-state index in [-0.39, 0.29) is 44.1 Å². The van der Waals surface area contributed by atoms with Crippen molar-refractivity contribution in [1.82, 2.24) is 15.3 Å². The molecule has 3 rings (SSSR count). The molecule has 36 heavy (non-hydrogen) atoms. The lowest BCUT2D eigenvalue weighted by atomic mass is 10.1. The molecule has 1 fully saturated rings. The summed E-state index contributed by atoms with van der Waals surface area (Å²) in [6.45, 7) is 2.00. The molecule has 1 aliphatic rings. The molecule has 1 atom stereocenters. The van der Waals surface area contributed by atoms with Gasteiger partial charge in [-0.15, -0.1) is 0 Å². The highest BCUT2D eigenvalue weighted by molar-refractivity contribution is 7.80. The van der Waals surface area contributed by atoms with Crippen molar-refractivity contribution < 1.29 is 29.0 Å². The van der Waals surface area contributed by atoms with Crippen LogP contribution in [0, 0.1) is 0 Å². The van der Waals surface area contributed by atoms with Crippen molar-refractivity contribution in [3.05, 3.63) is 65.7 Å². The second-order valence-electron chi connectivity index (χ2n) is 7.99. The summed E-state index contributed by atoms with van der Waals surface area (Å²) in [5, 5.41) is 13.0. The Hall–Kier alpha value is -3.83. The first-order valence-corrected chi connectivity index (χ1v) is 11.9. The zero-order valence-corrected chi connectivity index (χ0v) is 20.6. The summed E-state index contributed by atoms with van der Waals surface area (Å²) in [5.74, 6) is -1.79. The molecule has 10 nitrogen and oxygen atoms in total. The van der Waals surface area contributed by atoms with Crippen molar-refractivity contribution in [1.29, 1.82) is 0 Å². The second-order valence-corrected chi connectivity index (χ2v) is 8.36. The van der Waals surface area contributed by atoms with E-state index in [2.05, 4.69) is 10.7 Å². The Bertz CT molecular complexity index is 1110. The molecule has 2 aromatic rings. The van der Waals surface area contributed by atoms with Gasteiger partial charge in [0.2, 0.25) is 11.8 Å². The van der Waals surface area contributed by atoms with Crippen molar-refractivity contribution in [2.75, 3.05) is 18.5 Å². The van der Waals surface area contributed by atoms with Crippen molar-refractivity contribution in [3.63, 3.8) is 0 Å². The van der Waals surface area contributed by atoms with Gasteiger partial charge in [-0.05, 0) is 55.4 Å². The van der Waals surface area contributed by atoms with Gasteiger partial charge in [0.25, 0.3) is 5.91 Å². The van der Waals surface area contributed by atoms with Gasteiger partial charge < -0.3 is 15.2 Å². The average molecular weight is 513 g/mol. The fourth-order valence-corrected chi connectivity index (χ4v) is 3.91. The molecule has 190 valence electrons. The van der Waals surface area contributed by atoms with Gasteiger partial charge in [0, 0.05) is 18.7 Å². The summed E-state index contributed by atoms with van der Waals surface area (Å²) in [7, 11) is 0. The second kappa shape index (κ2) is 12.8. The predicted octanol–water partition coefficient (Wildman–Crippen LogP) is 1.99. The first kappa shape index (κ1) is 26.8. The fraction of sp³-hybridized carbons (Fsp3) is 0.320. The van der Waals surface area contributed by atoms with Crippen molar-refractivity contribution >= 4 is 46.7 Å². The van der Waals surface area contributed by atoms with E-state index in [4.69, 9.17) is 22.1 Å². The van der Waals surface area contributed by atoms with Crippen LogP contribution in [0.25, 0.3) is 0 Å². The van der Waals surface area contributed by atoms with Gasteiger partial charge in [-0.2, -0.15) is 0 Å². The first-order valence-electron chi connectivity index (χ1n) is 11.5. The van der Waals surface area contributed by atoms with Crippen LogP contribution in [0.15, 0.2) is 54.6 Å². The Morgan fingerprint density at radius 2 is 1.75 bits per heavy atom. The number of carbonyl (C=O) groups excluding carboxylic acids is 4. The Labute approximate surface area is 214 Å². The highest BCUT2D eigenvalue weighted by Crippen LogP contribution is 2.22. The highest BCUT2D eigenvalue weighted by atomic mass is 32.1. The van der Waals surface area contributed by atoms with Crippen molar-refractivity contribution in [2.24, 2.45) is 0 Å². The smallest absolute Gasteiger partial charge is 0.338 e. The molecule has 0 aliphatic carbocycles. The van der Waals surface area contributed by atoms with Gasteiger partial charge in [-0.1, -0.05) is 30.3 Å². The van der Waals surface area contributed by atoms with Crippen LogP contribution in [0.2, 0.25) is 0 Å². The zero-order valence-electron chi connectivity index (χ0n) is 19.8. The molecule has 11 heteroatoms. The summed E-state index contributed by atoms with van der Waals surface area (Å²) in [6.07, 6.45) is 0.0133. The van der Waals surface area contributed by atoms with Gasteiger partial charge in [0.05, 0.1) is 25.1 Å². The van der Waals surface area contributed by atoms with Crippen LogP contribution in [0.5, 0.6) is 0 Å². The van der Waals surface area contributed by atoms with Crippen molar-refractivity contribution in [3.8, 4) is 0 Å². The van der Waals surface area contributed by atoms with E-state index >= 15 is 0 Å². The molecule has 0 bridgehead atoms. The maximum absolute atomic E-state index is 13.3. The molecule has 1 unspecified atom stereocenters. The van der Waals surface area contributed by atoms with Crippen LogP contribution in [-0.2, 0) is 25.7 Å². The van der Waals surface area contributed by atoms with Gasteiger partial charge in [0.15, 0.2) is 5.11 Å². The number of esters is 1. The molecule has 0 radical (unpaired) electrons. The number of ether oxygens (including phenoxy) is 1. The Kier molecular flexibility index (Phi) is 9.48. The Balaban J connectivity index is 1.72. The van der Waals surface area contributed by atoms with Gasteiger partial charge in [-0.3, -0.25) is 24.7 Å². The number of rotatable bonds is 11. The lowest BCUT2D eigenvalue weighted by molar-refractivity contribution is -0.133. The van der Waals surface area contributed by atoms with E-state index in [1.807, 2.05) is 30.3 Å². The maximum Gasteiger partial charge on any atom is 0.338 e. The van der Waals surface area contributed by atoms with E-state index < -0.39 is 29.7 Å². The number of nitrogens with zero attached hydrogens (tertiary/aromatic N) is 2. The van der Waals surface area contributed by atoms with Gasteiger partial charge in [0.1, 0.15) is 6.04 Å². The Morgan fingerprint density at radius 1 is 1.06 bits per heavy atom. The summed E-state index contributed by atoms with van der Waals surface area (Å²) in [4.78, 5) is 51.6. The number of hydrogen-bond donors (Lipinski definition) is 3. The normalized spacial score (nSPS) is 15.1. The average Bonchev–Trinajstić information content (AvgIpc) is 3.08. The van der Waals surface area contributed by atoms with E-state index in [1.54, 1.807) is 19.1 Å². The zero-order chi connectivity index (χ0) is 26.1. The van der Waals surface area contributed by atoms with Crippen LogP contribution < -0.4 is 10.7 Å². The minimum absolute atomic E-state index is 0.0359. The third-order valence-electron chi connectivity index (χ3n) is 5.35. The number of nitrogens with one attached hydrogen (secondary N) is 2. The molecule has 0 saturated carbocycles. The lowest BCUT2D eigenvalue weighted by Gasteiger charge is -2.24. The molecule has 1 aliphatic heterocycles. The molecule has 3 amide bonds. The van der Waals surface area contributed by atoms with Crippen LogP contribution in [0.3, 0.4) is 0 Å². The van der Waals surface area contributed by atoms with E-state index in [0.717, 1.165) is 5.56 Å². The summed E-state index contributed by atoms with van der Waals surface area (Å²) in [5.41, 5.74) is 4.23. The molecule has 1 saturated heterocycles. The van der Waals surface area contributed by atoms with Crippen LogP contribution in [0.1, 0.15) is 42.1 Å². The number of hydrazine groups is 1. The maximum atomic E-state index is 13.3. The highest BCUT2D eigenvalue weighted by Gasteiger charge is 2.44. The van der Waals surface area contributed by atoms with Crippen molar-refractivity contribution in [2.45, 2.75) is 38.8 Å². The number of anilines is 1. The largest absolute Gasteiger partial charge is 0.462 e. The minimum atomic E-state index is -1.04. The third-order valence-corrected chi connectivity index (χ3v) is 5.77. The molecular formula is C25H28N4O6S. The number of amides is 3. The van der Waals surface area contributed by atoms with E-state index in [1.165, 1.54) is 22.0 Å². The number of aliphatic hydroxyl groups excluding tert-OH is 1. The molecule has 3 N–H and O–H groups in total. The fourth-order valence-electron chi connectivity index (χ4n) is 3.59. The number of carbonyl (C=O) groups is 4. The monoisotopic (exact) mass is 512 g/mol. The molecular weight excluding hydrogens is 484 g/mol. The SMILES string of the molecule is CCOC(=O)c1ccc(NC(=O)CC2C(=O)N(Cc3ccccc3)C(=S)N2NC(=O)CCCO)cc1.